The normalized spacial score (nSPS) is 14.8. The van der Waals surface area contributed by atoms with Crippen molar-refractivity contribution in [3.05, 3.63) is 16.3 Å². The highest BCUT2D eigenvalue weighted by atomic mass is 32.1. The summed E-state index contributed by atoms with van der Waals surface area (Å²) in [6.45, 7) is 7.73. The van der Waals surface area contributed by atoms with Crippen LogP contribution in [0.25, 0.3) is 0 Å². The minimum Gasteiger partial charge on any atom is -0.496 e. The van der Waals surface area contributed by atoms with Crippen molar-refractivity contribution in [3.8, 4) is 5.75 Å². The van der Waals surface area contributed by atoms with E-state index in [1.807, 2.05) is 6.07 Å². The number of hydrogen-bond donors (Lipinski definition) is 1. The Morgan fingerprint density at radius 2 is 2.19 bits per heavy atom. The topological polar surface area (TPSA) is 21.3 Å². The van der Waals surface area contributed by atoms with E-state index in [1.54, 1.807) is 18.4 Å². The number of rotatable bonds is 7. The van der Waals surface area contributed by atoms with Gasteiger partial charge in [-0.1, -0.05) is 20.3 Å². The molecule has 16 heavy (non-hydrogen) atoms. The summed E-state index contributed by atoms with van der Waals surface area (Å²) in [4.78, 5) is 1.29. The Hall–Kier alpha value is -0.540. The van der Waals surface area contributed by atoms with Crippen LogP contribution in [0, 0.1) is 5.92 Å². The van der Waals surface area contributed by atoms with E-state index >= 15 is 0 Å². The van der Waals surface area contributed by atoms with E-state index in [9.17, 15) is 0 Å². The van der Waals surface area contributed by atoms with Gasteiger partial charge in [-0.3, -0.25) is 0 Å². The molecule has 1 N–H and O–H groups in total. The van der Waals surface area contributed by atoms with Gasteiger partial charge < -0.3 is 10.1 Å². The van der Waals surface area contributed by atoms with Gasteiger partial charge in [0.2, 0.25) is 0 Å². The maximum Gasteiger partial charge on any atom is 0.134 e. The molecule has 2 unspecified atom stereocenters. The fraction of sp³-hybridized carbons (Fsp3) is 0.692. The third kappa shape index (κ3) is 4.14. The summed E-state index contributed by atoms with van der Waals surface area (Å²) in [6, 6.07) is 2.60. The fourth-order valence-corrected chi connectivity index (χ4v) is 2.55. The highest BCUT2D eigenvalue weighted by Crippen LogP contribution is 2.24. The van der Waals surface area contributed by atoms with E-state index in [2.05, 4.69) is 31.5 Å². The molecule has 0 saturated heterocycles. The van der Waals surface area contributed by atoms with Gasteiger partial charge in [-0.25, -0.2) is 0 Å². The second-order valence-corrected chi connectivity index (χ2v) is 5.44. The van der Waals surface area contributed by atoms with Gasteiger partial charge in [0.25, 0.3) is 0 Å². The molecule has 2 nitrogen and oxygen atoms in total. The van der Waals surface area contributed by atoms with Gasteiger partial charge in [0.15, 0.2) is 0 Å². The van der Waals surface area contributed by atoms with Crippen molar-refractivity contribution >= 4 is 11.3 Å². The van der Waals surface area contributed by atoms with Crippen molar-refractivity contribution in [1.82, 2.24) is 5.32 Å². The Labute approximate surface area is 103 Å². The van der Waals surface area contributed by atoms with Gasteiger partial charge >= 0.3 is 0 Å². The van der Waals surface area contributed by atoms with Crippen LogP contribution in [0.4, 0.5) is 0 Å². The minimum absolute atomic E-state index is 0.571. The molecule has 3 heteroatoms. The molecule has 0 aliphatic rings. The van der Waals surface area contributed by atoms with E-state index in [-0.39, 0.29) is 0 Å². The lowest BCUT2D eigenvalue weighted by Crippen LogP contribution is -2.27. The molecule has 0 radical (unpaired) electrons. The molecule has 1 aromatic rings. The second-order valence-electron chi connectivity index (χ2n) is 4.44. The van der Waals surface area contributed by atoms with E-state index < -0.39 is 0 Å². The monoisotopic (exact) mass is 241 g/mol. The van der Waals surface area contributed by atoms with Gasteiger partial charge in [0.05, 0.1) is 12.0 Å². The molecule has 0 spiro atoms. The number of methoxy groups -OCH3 is 1. The van der Waals surface area contributed by atoms with Crippen molar-refractivity contribution in [2.24, 2.45) is 5.92 Å². The van der Waals surface area contributed by atoms with E-state index in [0.717, 1.165) is 18.2 Å². The predicted octanol–water partition coefficient (Wildman–Crippen LogP) is 3.67. The van der Waals surface area contributed by atoms with E-state index in [0.29, 0.717) is 6.04 Å². The summed E-state index contributed by atoms with van der Waals surface area (Å²) in [5.74, 6) is 1.81. The van der Waals surface area contributed by atoms with Gasteiger partial charge in [0, 0.05) is 12.6 Å². The minimum atomic E-state index is 0.571. The summed E-state index contributed by atoms with van der Waals surface area (Å²) < 4.78 is 5.29. The van der Waals surface area contributed by atoms with Gasteiger partial charge in [0.1, 0.15) is 5.75 Å². The van der Waals surface area contributed by atoms with Gasteiger partial charge in [-0.05, 0) is 30.7 Å². The quantitative estimate of drug-likeness (QED) is 0.786. The molecular formula is C13H23NOS. The van der Waals surface area contributed by atoms with Gasteiger partial charge in [-0.2, -0.15) is 0 Å². The van der Waals surface area contributed by atoms with Crippen LogP contribution in [0.3, 0.4) is 0 Å². The van der Waals surface area contributed by atoms with E-state index in [1.165, 1.54) is 17.7 Å². The van der Waals surface area contributed by atoms with Crippen molar-refractivity contribution in [1.29, 1.82) is 0 Å². The molecule has 0 saturated carbocycles. The second kappa shape index (κ2) is 6.92. The molecular weight excluding hydrogens is 218 g/mol. The van der Waals surface area contributed by atoms with Crippen LogP contribution in [0.5, 0.6) is 5.75 Å². The summed E-state index contributed by atoms with van der Waals surface area (Å²) in [5, 5.41) is 5.63. The van der Waals surface area contributed by atoms with Crippen LogP contribution in [0.2, 0.25) is 0 Å². The molecule has 0 amide bonds. The predicted molar refractivity (Wildman–Crippen MR) is 71.2 cm³/mol. The first-order chi connectivity index (χ1) is 7.67. The third-order valence-corrected chi connectivity index (χ3v) is 3.89. The highest BCUT2D eigenvalue weighted by Gasteiger charge is 2.09. The van der Waals surface area contributed by atoms with Gasteiger partial charge in [-0.15, -0.1) is 11.3 Å². The molecule has 0 aliphatic carbocycles. The van der Waals surface area contributed by atoms with Crippen molar-refractivity contribution in [2.75, 3.05) is 7.11 Å². The summed E-state index contributed by atoms with van der Waals surface area (Å²) in [6.07, 6.45) is 2.50. The lowest BCUT2D eigenvalue weighted by Gasteiger charge is -2.17. The lowest BCUT2D eigenvalue weighted by molar-refractivity contribution is 0.396. The average molecular weight is 241 g/mol. The molecule has 0 fully saturated rings. The molecule has 1 aromatic heterocycles. The zero-order valence-corrected chi connectivity index (χ0v) is 11.6. The third-order valence-electron chi connectivity index (χ3n) is 2.99. The number of hydrogen-bond acceptors (Lipinski definition) is 3. The standard InChI is InChI=1S/C13H23NOS/c1-5-10(2)8-11(3)14-9-13-12(15-4)6-7-16-13/h6-7,10-11,14H,5,8-9H2,1-4H3. The maximum absolute atomic E-state index is 5.29. The molecule has 0 bridgehead atoms. The summed E-state index contributed by atoms with van der Waals surface area (Å²) in [7, 11) is 1.73. The fourth-order valence-electron chi connectivity index (χ4n) is 1.76. The number of thiophene rings is 1. The molecule has 92 valence electrons. The van der Waals surface area contributed by atoms with Crippen molar-refractivity contribution in [2.45, 2.75) is 46.2 Å². The highest BCUT2D eigenvalue weighted by molar-refractivity contribution is 7.10. The van der Waals surface area contributed by atoms with Crippen LogP contribution >= 0.6 is 11.3 Å². The Morgan fingerprint density at radius 1 is 1.44 bits per heavy atom. The van der Waals surface area contributed by atoms with Crippen molar-refractivity contribution < 1.29 is 4.74 Å². The van der Waals surface area contributed by atoms with E-state index in [4.69, 9.17) is 4.74 Å². The van der Waals surface area contributed by atoms with Crippen LogP contribution in [-0.4, -0.2) is 13.2 Å². The van der Waals surface area contributed by atoms with Crippen LogP contribution in [0.15, 0.2) is 11.4 Å². The SMILES string of the molecule is CCC(C)CC(C)NCc1sccc1OC. The van der Waals surface area contributed by atoms with Crippen LogP contribution in [-0.2, 0) is 6.54 Å². The molecule has 0 aliphatic heterocycles. The summed E-state index contributed by atoms with van der Waals surface area (Å²) >= 11 is 1.75. The molecule has 1 rings (SSSR count). The molecule has 0 aromatic carbocycles. The molecule has 2 atom stereocenters. The first kappa shape index (κ1) is 13.5. The van der Waals surface area contributed by atoms with Crippen LogP contribution in [0.1, 0.15) is 38.5 Å². The first-order valence-corrected chi connectivity index (χ1v) is 6.89. The smallest absolute Gasteiger partial charge is 0.134 e. The molecule has 1 heterocycles. The lowest BCUT2D eigenvalue weighted by atomic mass is 10.0. The Bertz CT molecular complexity index is 298. The van der Waals surface area contributed by atoms with Crippen molar-refractivity contribution in [3.63, 3.8) is 0 Å². The Morgan fingerprint density at radius 3 is 2.81 bits per heavy atom. The van der Waals surface area contributed by atoms with Crippen LogP contribution < -0.4 is 10.1 Å². The summed E-state index contributed by atoms with van der Waals surface area (Å²) in [5.41, 5.74) is 0. The average Bonchev–Trinajstić information content (AvgIpc) is 2.73. The Kier molecular flexibility index (Phi) is 5.85. The largest absolute Gasteiger partial charge is 0.496 e. The number of nitrogens with one attached hydrogen (secondary N) is 1. The zero-order valence-electron chi connectivity index (χ0n) is 10.7. The first-order valence-electron chi connectivity index (χ1n) is 6.01. The maximum atomic E-state index is 5.29. The number of ether oxygens (including phenoxy) is 1. The zero-order chi connectivity index (χ0) is 12.0. The Balaban J connectivity index is 2.34.